The van der Waals surface area contributed by atoms with Crippen molar-refractivity contribution in [3.05, 3.63) is 16.0 Å². The Bertz CT molecular complexity index is 520. The van der Waals surface area contributed by atoms with Gasteiger partial charge in [-0.15, -0.1) is 11.3 Å². The first-order valence-electron chi connectivity index (χ1n) is 7.76. The van der Waals surface area contributed by atoms with Crippen molar-refractivity contribution in [2.45, 2.75) is 47.0 Å². The zero-order chi connectivity index (χ0) is 16.7. The lowest BCUT2D eigenvalue weighted by atomic mass is 10.1. The van der Waals surface area contributed by atoms with Crippen molar-refractivity contribution >= 4 is 39.6 Å². The summed E-state index contributed by atoms with van der Waals surface area (Å²) in [7, 11) is 1.41. The van der Waals surface area contributed by atoms with Gasteiger partial charge in [0.2, 0.25) is 0 Å². The number of thiophene rings is 1. The van der Waals surface area contributed by atoms with Crippen LogP contribution >= 0.6 is 23.6 Å². The number of nitrogens with zero attached hydrogens (tertiary/aromatic N) is 1. The van der Waals surface area contributed by atoms with E-state index < -0.39 is 0 Å². The van der Waals surface area contributed by atoms with E-state index in [1.807, 2.05) is 13.8 Å². The monoisotopic (exact) mass is 342 g/mol. The number of rotatable bonds is 7. The smallest absolute Gasteiger partial charge is 0.341 e. The molecule has 0 fully saturated rings. The molecule has 1 rings (SSSR count). The van der Waals surface area contributed by atoms with Crippen molar-refractivity contribution in [2.24, 2.45) is 0 Å². The van der Waals surface area contributed by atoms with Crippen LogP contribution in [0, 0.1) is 6.92 Å². The summed E-state index contributed by atoms with van der Waals surface area (Å²) in [5.74, 6) is -0.302. The third-order valence-corrected chi connectivity index (χ3v) is 4.87. The van der Waals surface area contributed by atoms with Gasteiger partial charge < -0.3 is 15.0 Å². The first-order chi connectivity index (χ1) is 10.5. The molecule has 1 aromatic rings. The van der Waals surface area contributed by atoms with E-state index in [1.165, 1.54) is 7.11 Å². The van der Waals surface area contributed by atoms with E-state index in [1.54, 1.807) is 11.3 Å². The molecule has 0 radical (unpaired) electrons. The number of methoxy groups -OCH3 is 1. The average Bonchev–Trinajstić information content (AvgIpc) is 2.81. The molecule has 1 aromatic heterocycles. The summed E-state index contributed by atoms with van der Waals surface area (Å²) in [5.41, 5.74) is 1.67. The molecular weight excluding hydrogens is 316 g/mol. The molecule has 0 aliphatic heterocycles. The lowest BCUT2D eigenvalue weighted by Gasteiger charge is -2.24. The zero-order valence-corrected chi connectivity index (χ0v) is 15.7. The molecular formula is C16H26N2O2S2. The summed E-state index contributed by atoms with van der Waals surface area (Å²) < 4.78 is 4.94. The van der Waals surface area contributed by atoms with Crippen LogP contribution in [-0.2, 0) is 11.2 Å². The molecule has 0 saturated carbocycles. The van der Waals surface area contributed by atoms with Crippen LogP contribution in [0.5, 0.6) is 0 Å². The highest BCUT2D eigenvalue weighted by atomic mass is 32.1. The summed E-state index contributed by atoms with van der Waals surface area (Å²) in [6, 6.07) is 0. The Morgan fingerprint density at radius 3 is 2.32 bits per heavy atom. The van der Waals surface area contributed by atoms with Crippen LogP contribution in [0.15, 0.2) is 0 Å². The SMILES string of the molecule is CCCN(CCC)C(=S)Nc1sc(C)c(CC)c1C(=O)OC. The third kappa shape index (κ3) is 4.43. The highest BCUT2D eigenvalue weighted by Crippen LogP contribution is 2.34. The van der Waals surface area contributed by atoms with E-state index >= 15 is 0 Å². The van der Waals surface area contributed by atoms with Gasteiger partial charge in [-0.3, -0.25) is 0 Å². The zero-order valence-electron chi connectivity index (χ0n) is 14.1. The minimum absolute atomic E-state index is 0.302. The molecule has 0 aliphatic carbocycles. The Morgan fingerprint density at radius 1 is 1.27 bits per heavy atom. The van der Waals surface area contributed by atoms with Crippen molar-refractivity contribution in [1.82, 2.24) is 4.90 Å². The molecule has 0 aliphatic rings. The third-order valence-electron chi connectivity index (χ3n) is 3.45. The molecule has 1 N–H and O–H groups in total. The minimum atomic E-state index is -0.302. The van der Waals surface area contributed by atoms with Crippen molar-refractivity contribution in [2.75, 3.05) is 25.5 Å². The number of aryl methyl sites for hydroxylation is 1. The van der Waals surface area contributed by atoms with Gasteiger partial charge >= 0.3 is 5.97 Å². The highest BCUT2D eigenvalue weighted by Gasteiger charge is 2.23. The average molecular weight is 343 g/mol. The van der Waals surface area contributed by atoms with Crippen LogP contribution < -0.4 is 5.32 Å². The van der Waals surface area contributed by atoms with Gasteiger partial charge in [-0.1, -0.05) is 20.8 Å². The molecule has 6 heteroatoms. The maximum absolute atomic E-state index is 12.1. The van der Waals surface area contributed by atoms with Crippen molar-refractivity contribution in [1.29, 1.82) is 0 Å². The fourth-order valence-corrected chi connectivity index (χ4v) is 3.92. The molecule has 0 saturated heterocycles. The van der Waals surface area contributed by atoms with Crippen LogP contribution in [0.1, 0.15) is 54.4 Å². The van der Waals surface area contributed by atoms with Gasteiger partial charge in [0.25, 0.3) is 0 Å². The van der Waals surface area contributed by atoms with Crippen molar-refractivity contribution in [3.8, 4) is 0 Å². The molecule has 1 heterocycles. The van der Waals surface area contributed by atoms with Crippen LogP contribution in [0.2, 0.25) is 0 Å². The summed E-state index contributed by atoms with van der Waals surface area (Å²) in [5, 5.41) is 4.74. The normalized spacial score (nSPS) is 10.4. The summed E-state index contributed by atoms with van der Waals surface area (Å²) in [6.07, 6.45) is 2.87. The number of nitrogens with one attached hydrogen (secondary N) is 1. The molecule has 0 amide bonds. The molecule has 0 aromatic carbocycles. The fraction of sp³-hybridized carbons (Fsp3) is 0.625. The molecule has 0 bridgehead atoms. The van der Waals surface area contributed by atoms with Crippen LogP contribution in [0.3, 0.4) is 0 Å². The topological polar surface area (TPSA) is 41.6 Å². The standard InChI is InChI=1S/C16H26N2O2S2/c1-6-9-18(10-7-2)16(21)17-14-13(15(19)20-5)12(8-3)11(4)22-14/h6-10H2,1-5H3,(H,17,21). The Morgan fingerprint density at radius 2 is 1.86 bits per heavy atom. The fourth-order valence-electron chi connectivity index (χ4n) is 2.44. The second-order valence-corrected chi connectivity index (χ2v) is 6.71. The number of anilines is 1. The number of ether oxygens (including phenoxy) is 1. The highest BCUT2D eigenvalue weighted by molar-refractivity contribution is 7.80. The molecule has 0 atom stereocenters. The Kier molecular flexibility index (Phi) is 7.82. The largest absolute Gasteiger partial charge is 0.465 e. The molecule has 22 heavy (non-hydrogen) atoms. The molecule has 0 unspecified atom stereocenters. The lowest BCUT2D eigenvalue weighted by molar-refractivity contribution is 0.0601. The Balaban J connectivity index is 3.06. The number of carbonyl (C=O) groups is 1. The van der Waals surface area contributed by atoms with Gasteiger partial charge in [0.05, 0.1) is 12.7 Å². The van der Waals surface area contributed by atoms with Crippen molar-refractivity contribution in [3.63, 3.8) is 0 Å². The second kappa shape index (κ2) is 9.10. The molecule has 0 spiro atoms. The maximum Gasteiger partial charge on any atom is 0.341 e. The van der Waals surface area contributed by atoms with E-state index in [4.69, 9.17) is 17.0 Å². The van der Waals surface area contributed by atoms with Gasteiger partial charge in [0.1, 0.15) is 5.00 Å². The number of hydrogen-bond donors (Lipinski definition) is 1. The van der Waals surface area contributed by atoms with Crippen LogP contribution in [0.25, 0.3) is 0 Å². The Labute approximate surface area is 142 Å². The summed E-state index contributed by atoms with van der Waals surface area (Å²) >= 11 is 7.09. The number of carbonyl (C=O) groups excluding carboxylic acids is 1. The lowest BCUT2D eigenvalue weighted by Crippen LogP contribution is -2.36. The van der Waals surface area contributed by atoms with Gasteiger partial charge in [-0.2, -0.15) is 0 Å². The summed E-state index contributed by atoms with van der Waals surface area (Å²) in [6.45, 7) is 10.2. The van der Waals surface area contributed by atoms with E-state index in [0.29, 0.717) is 10.7 Å². The van der Waals surface area contributed by atoms with Gasteiger partial charge in [-0.05, 0) is 44.0 Å². The quantitative estimate of drug-likeness (QED) is 0.593. The second-order valence-electron chi connectivity index (χ2n) is 5.10. The van der Waals surface area contributed by atoms with E-state index in [9.17, 15) is 4.79 Å². The molecule has 124 valence electrons. The summed E-state index contributed by atoms with van der Waals surface area (Å²) in [4.78, 5) is 15.4. The number of esters is 1. The Hall–Kier alpha value is -1.14. The van der Waals surface area contributed by atoms with Gasteiger partial charge in [0, 0.05) is 18.0 Å². The minimum Gasteiger partial charge on any atom is -0.465 e. The van der Waals surface area contributed by atoms with E-state index in [2.05, 4.69) is 24.1 Å². The van der Waals surface area contributed by atoms with Crippen LogP contribution in [-0.4, -0.2) is 36.2 Å². The molecule has 4 nitrogen and oxygen atoms in total. The van der Waals surface area contributed by atoms with Crippen molar-refractivity contribution < 1.29 is 9.53 Å². The maximum atomic E-state index is 12.1. The van der Waals surface area contributed by atoms with Crippen LogP contribution in [0.4, 0.5) is 5.00 Å². The predicted octanol–water partition coefficient (Wildman–Crippen LogP) is 4.22. The van der Waals surface area contributed by atoms with E-state index in [0.717, 1.165) is 47.8 Å². The van der Waals surface area contributed by atoms with Gasteiger partial charge in [-0.25, -0.2) is 4.79 Å². The van der Waals surface area contributed by atoms with E-state index in [-0.39, 0.29) is 5.97 Å². The predicted molar refractivity (Wildman–Crippen MR) is 98.1 cm³/mol. The van der Waals surface area contributed by atoms with Gasteiger partial charge in [0.15, 0.2) is 5.11 Å². The number of hydrogen-bond acceptors (Lipinski definition) is 4. The number of thiocarbonyl (C=S) groups is 1. The first-order valence-corrected chi connectivity index (χ1v) is 8.98. The first kappa shape index (κ1) is 18.9.